The van der Waals surface area contributed by atoms with Crippen molar-refractivity contribution in [3.63, 3.8) is 0 Å². The fourth-order valence-corrected chi connectivity index (χ4v) is 3.02. The maximum absolute atomic E-state index is 10.1. The van der Waals surface area contributed by atoms with Gasteiger partial charge in [0.25, 0.3) is 0 Å². The molecule has 0 bridgehead atoms. The number of imidazole rings is 1. The number of ether oxygens (including phenoxy) is 1. The molecule has 0 aliphatic carbocycles. The minimum atomic E-state index is -0.580. The van der Waals surface area contributed by atoms with Crippen molar-refractivity contribution < 1.29 is 9.84 Å². The van der Waals surface area contributed by atoms with E-state index in [4.69, 9.17) is 4.74 Å². The molecule has 0 aliphatic rings. The van der Waals surface area contributed by atoms with Gasteiger partial charge in [0.2, 0.25) is 0 Å². The molecule has 0 saturated carbocycles. The number of nitrogens with one attached hydrogen (secondary N) is 2. The fourth-order valence-electron chi connectivity index (χ4n) is 3.02. The number of pyridine rings is 2. The first-order valence-corrected chi connectivity index (χ1v) is 9.77. The lowest BCUT2D eigenvalue weighted by Gasteiger charge is -2.12. The first-order valence-electron chi connectivity index (χ1n) is 9.77. The Kier molecular flexibility index (Phi) is 6.44. The molecule has 0 fully saturated rings. The largest absolute Gasteiger partial charge is 0.492 e. The summed E-state index contributed by atoms with van der Waals surface area (Å²) in [6.45, 7) is 1.59. The van der Waals surface area contributed by atoms with E-state index in [1.54, 1.807) is 24.8 Å². The maximum atomic E-state index is 10.1. The molecule has 3 N–H and O–H groups in total. The van der Waals surface area contributed by atoms with Crippen molar-refractivity contribution >= 4 is 0 Å². The molecular weight excluding hydrogens is 378 g/mol. The third-order valence-electron chi connectivity index (χ3n) is 4.63. The molecule has 0 saturated heterocycles. The summed E-state index contributed by atoms with van der Waals surface area (Å²) in [4.78, 5) is 15.9. The van der Waals surface area contributed by atoms with Gasteiger partial charge in [-0.05, 0) is 48.0 Å². The van der Waals surface area contributed by atoms with Gasteiger partial charge in [-0.3, -0.25) is 9.97 Å². The number of aromatic amines is 1. The first kappa shape index (κ1) is 19.8. The number of aliphatic hydroxyl groups excluding tert-OH is 1. The van der Waals surface area contributed by atoms with Crippen LogP contribution in [0, 0.1) is 0 Å². The van der Waals surface area contributed by atoms with E-state index in [1.807, 2.05) is 54.7 Å². The summed E-state index contributed by atoms with van der Waals surface area (Å²) in [5.41, 5.74) is 3.71. The standard InChI is InChI=1S/C23H23N5O2/c29-22(18-3-1-9-24-13-18)16-26-11-12-30-20-7-5-17(6-8-20)21-15-27-23(28-21)19-4-2-10-25-14-19/h1-10,13-15,22,26,29H,11-12,16H2,(H,27,28). The third kappa shape index (κ3) is 5.08. The van der Waals surface area contributed by atoms with Gasteiger partial charge in [0.15, 0.2) is 0 Å². The van der Waals surface area contributed by atoms with E-state index in [0.29, 0.717) is 19.7 Å². The highest BCUT2D eigenvalue weighted by Crippen LogP contribution is 2.23. The number of benzene rings is 1. The van der Waals surface area contributed by atoms with Crippen molar-refractivity contribution in [2.75, 3.05) is 19.7 Å². The molecule has 4 aromatic rings. The molecule has 1 aromatic carbocycles. The summed E-state index contributed by atoms with van der Waals surface area (Å²) >= 11 is 0. The summed E-state index contributed by atoms with van der Waals surface area (Å²) in [5.74, 6) is 1.58. The topological polar surface area (TPSA) is 96.0 Å². The van der Waals surface area contributed by atoms with Crippen molar-refractivity contribution in [2.24, 2.45) is 0 Å². The second-order valence-corrected chi connectivity index (χ2v) is 6.77. The minimum absolute atomic E-state index is 0.451. The molecule has 7 nitrogen and oxygen atoms in total. The lowest BCUT2D eigenvalue weighted by Crippen LogP contribution is -2.26. The molecule has 3 aromatic heterocycles. The van der Waals surface area contributed by atoms with Crippen LogP contribution in [0.5, 0.6) is 5.75 Å². The van der Waals surface area contributed by atoms with E-state index < -0.39 is 6.10 Å². The van der Waals surface area contributed by atoms with Crippen molar-refractivity contribution in [2.45, 2.75) is 6.10 Å². The Morgan fingerprint density at radius 1 is 0.933 bits per heavy atom. The number of aliphatic hydroxyl groups is 1. The van der Waals surface area contributed by atoms with Gasteiger partial charge in [-0.25, -0.2) is 4.98 Å². The normalized spacial score (nSPS) is 11.9. The number of nitrogens with zero attached hydrogens (tertiary/aromatic N) is 3. The van der Waals surface area contributed by atoms with Crippen LogP contribution in [0.15, 0.2) is 79.5 Å². The molecule has 4 rings (SSSR count). The molecule has 1 unspecified atom stereocenters. The summed E-state index contributed by atoms with van der Waals surface area (Å²) in [6.07, 6.45) is 8.12. The Bertz CT molecular complexity index is 1040. The summed E-state index contributed by atoms with van der Waals surface area (Å²) in [6, 6.07) is 15.4. The van der Waals surface area contributed by atoms with Crippen molar-refractivity contribution in [3.8, 4) is 28.4 Å². The van der Waals surface area contributed by atoms with Gasteiger partial charge in [-0.2, -0.15) is 0 Å². The summed E-state index contributed by atoms with van der Waals surface area (Å²) < 4.78 is 5.77. The molecule has 1 atom stereocenters. The summed E-state index contributed by atoms with van der Waals surface area (Å²) in [7, 11) is 0. The molecule has 0 aliphatic heterocycles. The highest BCUT2D eigenvalue weighted by Gasteiger charge is 2.07. The van der Waals surface area contributed by atoms with Gasteiger partial charge in [0, 0.05) is 49.0 Å². The molecule has 30 heavy (non-hydrogen) atoms. The Labute approximate surface area is 174 Å². The number of hydrogen-bond donors (Lipinski definition) is 3. The average Bonchev–Trinajstić information content (AvgIpc) is 3.31. The van der Waals surface area contributed by atoms with Gasteiger partial charge in [-0.1, -0.05) is 6.07 Å². The number of hydrogen-bond acceptors (Lipinski definition) is 6. The Balaban J connectivity index is 1.24. The molecule has 0 spiro atoms. The summed E-state index contributed by atoms with van der Waals surface area (Å²) in [5, 5.41) is 13.3. The van der Waals surface area contributed by atoms with Crippen LogP contribution in [-0.4, -0.2) is 44.7 Å². The second-order valence-electron chi connectivity index (χ2n) is 6.77. The molecule has 7 heteroatoms. The Morgan fingerprint density at radius 2 is 1.73 bits per heavy atom. The van der Waals surface area contributed by atoms with Crippen molar-refractivity contribution in [3.05, 3.63) is 85.1 Å². The van der Waals surface area contributed by atoms with Crippen LogP contribution in [0.25, 0.3) is 22.6 Å². The lowest BCUT2D eigenvalue weighted by atomic mass is 10.1. The van der Waals surface area contributed by atoms with Crippen LogP contribution in [0.4, 0.5) is 0 Å². The predicted molar refractivity (Wildman–Crippen MR) is 115 cm³/mol. The fraction of sp³-hybridized carbons (Fsp3) is 0.174. The maximum Gasteiger partial charge on any atom is 0.139 e. The van der Waals surface area contributed by atoms with E-state index in [9.17, 15) is 5.11 Å². The predicted octanol–water partition coefficient (Wildman–Crippen LogP) is 3.24. The quantitative estimate of drug-likeness (QED) is 0.373. The first-order chi connectivity index (χ1) is 14.8. The van der Waals surface area contributed by atoms with Crippen molar-refractivity contribution in [1.29, 1.82) is 0 Å². The van der Waals surface area contributed by atoms with E-state index in [-0.39, 0.29) is 0 Å². The number of H-pyrrole nitrogens is 1. The van der Waals surface area contributed by atoms with Gasteiger partial charge in [-0.15, -0.1) is 0 Å². The highest BCUT2D eigenvalue weighted by atomic mass is 16.5. The Hall–Kier alpha value is -3.55. The van der Waals surface area contributed by atoms with E-state index in [0.717, 1.165) is 34.0 Å². The smallest absolute Gasteiger partial charge is 0.139 e. The molecular formula is C23H23N5O2. The molecule has 0 amide bonds. The van der Waals surface area contributed by atoms with Gasteiger partial charge >= 0.3 is 0 Å². The zero-order valence-corrected chi connectivity index (χ0v) is 16.4. The van der Waals surface area contributed by atoms with Gasteiger partial charge in [0.1, 0.15) is 18.2 Å². The van der Waals surface area contributed by atoms with Crippen molar-refractivity contribution in [1.82, 2.24) is 25.3 Å². The van der Waals surface area contributed by atoms with E-state index in [2.05, 4.69) is 25.3 Å². The van der Waals surface area contributed by atoms with Crippen LogP contribution in [0.2, 0.25) is 0 Å². The van der Waals surface area contributed by atoms with Crippen LogP contribution < -0.4 is 10.1 Å². The molecule has 152 valence electrons. The zero-order valence-electron chi connectivity index (χ0n) is 16.4. The van der Waals surface area contributed by atoms with Gasteiger partial charge in [0.05, 0.1) is 18.0 Å². The monoisotopic (exact) mass is 401 g/mol. The second kappa shape index (κ2) is 9.78. The Morgan fingerprint density at radius 3 is 2.47 bits per heavy atom. The molecule has 0 radical (unpaired) electrons. The van der Waals surface area contributed by atoms with Crippen LogP contribution >= 0.6 is 0 Å². The minimum Gasteiger partial charge on any atom is -0.492 e. The highest BCUT2D eigenvalue weighted by molar-refractivity contribution is 5.64. The number of aromatic nitrogens is 4. The van der Waals surface area contributed by atoms with Crippen LogP contribution in [-0.2, 0) is 0 Å². The average molecular weight is 401 g/mol. The van der Waals surface area contributed by atoms with Crippen LogP contribution in [0.1, 0.15) is 11.7 Å². The van der Waals surface area contributed by atoms with E-state index in [1.165, 1.54) is 0 Å². The third-order valence-corrected chi connectivity index (χ3v) is 4.63. The van der Waals surface area contributed by atoms with E-state index >= 15 is 0 Å². The lowest BCUT2D eigenvalue weighted by molar-refractivity contribution is 0.171. The SMILES string of the molecule is OC(CNCCOc1ccc(-c2cnc(-c3cccnc3)[nH]2)cc1)c1cccnc1. The van der Waals surface area contributed by atoms with Crippen LogP contribution in [0.3, 0.4) is 0 Å². The molecule has 3 heterocycles. The van der Waals surface area contributed by atoms with Gasteiger partial charge < -0.3 is 20.1 Å². The number of rotatable bonds is 9. The zero-order chi connectivity index (χ0) is 20.6.